The van der Waals surface area contributed by atoms with Crippen LogP contribution in [-0.4, -0.2) is 28.5 Å². The molecule has 0 aliphatic rings. The summed E-state index contributed by atoms with van der Waals surface area (Å²) in [5.74, 6) is 0.682. The van der Waals surface area contributed by atoms with Crippen LogP contribution in [0.25, 0.3) is 0 Å². The van der Waals surface area contributed by atoms with Crippen molar-refractivity contribution >= 4 is 33.2 Å². The molecule has 0 heterocycles. The lowest BCUT2D eigenvalue weighted by Crippen LogP contribution is -2.23. The zero-order valence-electron chi connectivity index (χ0n) is 17.8. The van der Waals surface area contributed by atoms with Crippen LogP contribution in [0.4, 0.5) is 5.69 Å². The molecule has 0 aliphatic heterocycles. The van der Waals surface area contributed by atoms with E-state index >= 15 is 0 Å². The molecule has 0 fully saturated rings. The van der Waals surface area contributed by atoms with Crippen molar-refractivity contribution in [2.45, 2.75) is 18.4 Å². The zero-order valence-corrected chi connectivity index (χ0v) is 19.4. The Labute approximate surface area is 192 Å². The fraction of sp³-hybridized carbons (Fsp3) is 0.174. The Morgan fingerprint density at radius 3 is 2.41 bits per heavy atom. The Hall–Kier alpha value is -3.23. The Balaban J connectivity index is 1.78. The van der Waals surface area contributed by atoms with Crippen LogP contribution in [0.3, 0.4) is 0 Å². The van der Waals surface area contributed by atoms with Crippen molar-refractivity contribution in [3.8, 4) is 11.5 Å². The van der Waals surface area contributed by atoms with E-state index in [2.05, 4.69) is 10.0 Å². The summed E-state index contributed by atoms with van der Waals surface area (Å²) in [5, 5.41) is 2.78. The summed E-state index contributed by atoms with van der Waals surface area (Å²) >= 11 is 6.14. The first-order chi connectivity index (χ1) is 15.2. The molecule has 0 radical (unpaired) electrons. The van der Waals surface area contributed by atoms with E-state index in [-0.39, 0.29) is 22.0 Å². The highest BCUT2D eigenvalue weighted by atomic mass is 35.5. The number of carbonyl (C=O) groups is 1. The summed E-state index contributed by atoms with van der Waals surface area (Å²) in [4.78, 5) is 12.5. The molecule has 0 aliphatic carbocycles. The van der Waals surface area contributed by atoms with Crippen LogP contribution >= 0.6 is 11.6 Å². The molecule has 9 heteroatoms. The van der Waals surface area contributed by atoms with Crippen molar-refractivity contribution in [3.05, 3.63) is 82.4 Å². The van der Waals surface area contributed by atoms with Crippen molar-refractivity contribution < 1.29 is 22.7 Å². The van der Waals surface area contributed by atoms with Crippen LogP contribution < -0.4 is 19.5 Å². The van der Waals surface area contributed by atoms with E-state index in [1.807, 2.05) is 13.0 Å². The van der Waals surface area contributed by atoms with E-state index in [1.54, 1.807) is 43.5 Å². The van der Waals surface area contributed by atoms with Gasteiger partial charge in [-0.05, 0) is 60.5 Å². The maximum Gasteiger partial charge on any atom is 0.263 e. The highest BCUT2D eigenvalue weighted by Gasteiger charge is 2.20. The van der Waals surface area contributed by atoms with Gasteiger partial charge in [-0.25, -0.2) is 8.42 Å². The van der Waals surface area contributed by atoms with Gasteiger partial charge in [0, 0.05) is 17.8 Å². The molecule has 0 aromatic heterocycles. The molecule has 0 unspecified atom stereocenters. The molecular weight excluding hydrogens is 452 g/mol. The first-order valence-electron chi connectivity index (χ1n) is 9.61. The molecule has 1 amide bonds. The molecule has 7 nitrogen and oxygen atoms in total. The standard InChI is InChI=1S/C23H23ClN2O5S/c1-15-5-4-6-18(11-15)26-32(28,29)22-13-17(8-9-19(22)24)23(27)25-14-16-7-10-20(30-2)21(12-16)31-3/h4-13,26H,14H2,1-3H3,(H,25,27). The number of carbonyl (C=O) groups excluding carboxylic acids is 1. The van der Waals surface area contributed by atoms with Gasteiger partial charge in [0.2, 0.25) is 0 Å². The summed E-state index contributed by atoms with van der Waals surface area (Å²) in [6.07, 6.45) is 0. The van der Waals surface area contributed by atoms with Gasteiger partial charge in [0.1, 0.15) is 4.90 Å². The minimum Gasteiger partial charge on any atom is -0.493 e. The van der Waals surface area contributed by atoms with Gasteiger partial charge >= 0.3 is 0 Å². The first kappa shape index (κ1) is 23.4. The number of hydrogen-bond acceptors (Lipinski definition) is 5. The predicted molar refractivity (Wildman–Crippen MR) is 124 cm³/mol. The van der Waals surface area contributed by atoms with Crippen LogP contribution in [0.1, 0.15) is 21.5 Å². The average molecular weight is 475 g/mol. The lowest BCUT2D eigenvalue weighted by atomic mass is 10.1. The number of rotatable bonds is 8. The number of hydrogen-bond donors (Lipinski definition) is 2. The van der Waals surface area contributed by atoms with Crippen LogP contribution in [0.2, 0.25) is 5.02 Å². The molecule has 0 saturated carbocycles. The highest BCUT2D eigenvalue weighted by Crippen LogP contribution is 2.28. The molecular formula is C23H23ClN2O5S. The normalized spacial score (nSPS) is 11.0. The van der Waals surface area contributed by atoms with E-state index in [1.165, 1.54) is 25.3 Å². The van der Waals surface area contributed by atoms with Crippen molar-refractivity contribution in [1.29, 1.82) is 0 Å². The molecule has 3 aromatic rings. The Morgan fingerprint density at radius 2 is 1.72 bits per heavy atom. The van der Waals surface area contributed by atoms with Crippen LogP contribution in [0, 0.1) is 6.92 Å². The summed E-state index contributed by atoms with van der Waals surface area (Å²) in [6.45, 7) is 2.07. The second-order valence-corrected chi connectivity index (χ2v) is 9.05. The SMILES string of the molecule is COc1ccc(CNC(=O)c2ccc(Cl)c(S(=O)(=O)Nc3cccc(C)c3)c2)cc1OC. The Bertz CT molecular complexity index is 1240. The molecule has 3 aromatic carbocycles. The monoisotopic (exact) mass is 474 g/mol. The largest absolute Gasteiger partial charge is 0.493 e. The average Bonchev–Trinajstić information content (AvgIpc) is 2.77. The van der Waals surface area contributed by atoms with Crippen molar-refractivity contribution in [3.63, 3.8) is 0 Å². The lowest BCUT2D eigenvalue weighted by Gasteiger charge is -2.12. The number of ether oxygens (including phenoxy) is 2. The number of aryl methyl sites for hydroxylation is 1. The number of benzene rings is 3. The number of methoxy groups -OCH3 is 2. The molecule has 3 rings (SSSR count). The minimum atomic E-state index is -3.99. The minimum absolute atomic E-state index is 0.0154. The lowest BCUT2D eigenvalue weighted by molar-refractivity contribution is 0.0950. The summed E-state index contributed by atoms with van der Waals surface area (Å²) in [6, 6.07) is 16.3. The van der Waals surface area contributed by atoms with E-state index in [0.717, 1.165) is 11.1 Å². The van der Waals surface area contributed by atoms with Gasteiger partial charge < -0.3 is 14.8 Å². The number of amides is 1. The molecule has 2 N–H and O–H groups in total. The smallest absolute Gasteiger partial charge is 0.263 e. The third-order valence-electron chi connectivity index (χ3n) is 4.65. The van der Waals surface area contributed by atoms with E-state index in [4.69, 9.17) is 21.1 Å². The van der Waals surface area contributed by atoms with Gasteiger partial charge in [0.25, 0.3) is 15.9 Å². The first-order valence-corrected chi connectivity index (χ1v) is 11.5. The number of sulfonamides is 1. The van der Waals surface area contributed by atoms with Gasteiger partial charge in [-0.3, -0.25) is 9.52 Å². The van der Waals surface area contributed by atoms with E-state index in [9.17, 15) is 13.2 Å². The fourth-order valence-corrected chi connectivity index (χ4v) is 4.62. The maximum atomic E-state index is 12.9. The Kier molecular flexibility index (Phi) is 7.27. The molecule has 0 saturated heterocycles. The second kappa shape index (κ2) is 9.93. The van der Waals surface area contributed by atoms with Crippen LogP contribution in [0.15, 0.2) is 65.6 Å². The van der Waals surface area contributed by atoms with Gasteiger partial charge in [-0.1, -0.05) is 29.8 Å². The van der Waals surface area contributed by atoms with Gasteiger partial charge in [-0.2, -0.15) is 0 Å². The van der Waals surface area contributed by atoms with E-state index in [0.29, 0.717) is 17.2 Å². The quantitative estimate of drug-likeness (QED) is 0.504. The summed E-state index contributed by atoms with van der Waals surface area (Å²) in [7, 11) is -0.924. The fourth-order valence-electron chi connectivity index (χ4n) is 3.04. The van der Waals surface area contributed by atoms with Gasteiger partial charge in [-0.15, -0.1) is 0 Å². The van der Waals surface area contributed by atoms with Crippen molar-refractivity contribution in [2.24, 2.45) is 0 Å². The zero-order chi connectivity index (χ0) is 23.3. The topological polar surface area (TPSA) is 93.7 Å². The maximum absolute atomic E-state index is 12.9. The molecule has 0 bridgehead atoms. The van der Waals surface area contributed by atoms with Crippen molar-refractivity contribution in [2.75, 3.05) is 18.9 Å². The van der Waals surface area contributed by atoms with Gasteiger partial charge in [0.15, 0.2) is 11.5 Å². The molecule has 0 atom stereocenters. The second-order valence-electron chi connectivity index (χ2n) is 6.99. The molecule has 32 heavy (non-hydrogen) atoms. The third-order valence-corrected chi connectivity index (χ3v) is 6.52. The van der Waals surface area contributed by atoms with Crippen molar-refractivity contribution in [1.82, 2.24) is 5.32 Å². The Morgan fingerprint density at radius 1 is 0.969 bits per heavy atom. The molecule has 168 valence electrons. The molecule has 0 spiro atoms. The van der Waals surface area contributed by atoms with Crippen LogP contribution in [0.5, 0.6) is 11.5 Å². The van der Waals surface area contributed by atoms with E-state index < -0.39 is 15.9 Å². The highest BCUT2D eigenvalue weighted by molar-refractivity contribution is 7.92. The van der Waals surface area contributed by atoms with Crippen LogP contribution in [-0.2, 0) is 16.6 Å². The third kappa shape index (κ3) is 5.52. The van der Waals surface area contributed by atoms with Gasteiger partial charge in [0.05, 0.1) is 19.2 Å². The summed E-state index contributed by atoms with van der Waals surface area (Å²) < 4.78 is 38.7. The number of anilines is 1. The number of nitrogens with one attached hydrogen (secondary N) is 2. The number of halogens is 1. The predicted octanol–water partition coefficient (Wildman–Crippen LogP) is 4.40. The summed E-state index contributed by atoms with van der Waals surface area (Å²) in [5.41, 5.74) is 2.27.